The van der Waals surface area contributed by atoms with Gasteiger partial charge in [-0.2, -0.15) is 0 Å². The molecule has 0 saturated heterocycles. The van der Waals surface area contributed by atoms with E-state index in [0.717, 1.165) is 14.6 Å². The second kappa shape index (κ2) is 4.75. The predicted molar refractivity (Wildman–Crippen MR) is 78.7 cm³/mol. The van der Waals surface area contributed by atoms with Gasteiger partial charge < -0.3 is 9.72 Å². The minimum atomic E-state index is -0.518. The van der Waals surface area contributed by atoms with Crippen LogP contribution in [0.25, 0.3) is 11.0 Å². The van der Waals surface area contributed by atoms with E-state index in [1.54, 1.807) is 6.07 Å². The van der Waals surface area contributed by atoms with Crippen LogP contribution in [-0.4, -0.2) is 21.7 Å². The molecule has 96 valence electrons. The Morgan fingerprint density at radius 1 is 1.44 bits per heavy atom. The zero-order valence-electron chi connectivity index (χ0n) is 10.4. The molecule has 0 aliphatic carbocycles. The summed E-state index contributed by atoms with van der Waals surface area (Å²) < 4.78 is 6.25. The molecular weight excluding hydrogens is 345 g/mol. The van der Waals surface area contributed by atoms with Crippen molar-refractivity contribution in [3.05, 3.63) is 21.9 Å². The van der Waals surface area contributed by atoms with Crippen LogP contribution in [0.4, 0.5) is 10.6 Å². The first-order valence-corrected chi connectivity index (χ1v) is 6.57. The molecule has 0 aliphatic rings. The fourth-order valence-electron chi connectivity index (χ4n) is 1.45. The maximum Gasteiger partial charge on any atom is 0.413 e. The van der Waals surface area contributed by atoms with Crippen molar-refractivity contribution >= 4 is 45.5 Å². The van der Waals surface area contributed by atoms with Gasteiger partial charge >= 0.3 is 6.09 Å². The van der Waals surface area contributed by atoms with Gasteiger partial charge in [0.05, 0.1) is 0 Å². The SMILES string of the molecule is CC(C)(C)OC(=O)Nc1ccc2c(I)c[nH]c2n1. The highest BCUT2D eigenvalue weighted by Crippen LogP contribution is 2.20. The molecule has 0 bridgehead atoms. The summed E-state index contributed by atoms with van der Waals surface area (Å²) in [5.41, 5.74) is 0.226. The highest BCUT2D eigenvalue weighted by molar-refractivity contribution is 14.1. The molecule has 2 N–H and O–H groups in total. The number of amides is 1. The van der Waals surface area contributed by atoms with Gasteiger partial charge in [0.15, 0.2) is 0 Å². The Kier molecular flexibility index (Phi) is 3.47. The first-order valence-electron chi connectivity index (χ1n) is 5.49. The lowest BCUT2D eigenvalue weighted by atomic mass is 10.2. The van der Waals surface area contributed by atoms with E-state index in [1.807, 2.05) is 33.0 Å². The van der Waals surface area contributed by atoms with E-state index in [2.05, 4.69) is 37.9 Å². The molecule has 0 aromatic carbocycles. The number of anilines is 1. The van der Waals surface area contributed by atoms with E-state index in [9.17, 15) is 4.79 Å². The summed E-state index contributed by atoms with van der Waals surface area (Å²) in [6, 6.07) is 3.66. The molecule has 1 amide bonds. The molecule has 0 unspecified atom stereocenters. The number of rotatable bonds is 1. The number of carbonyl (C=O) groups is 1. The van der Waals surface area contributed by atoms with E-state index in [4.69, 9.17) is 4.74 Å². The smallest absolute Gasteiger partial charge is 0.413 e. The predicted octanol–water partition coefficient (Wildman–Crippen LogP) is 3.51. The number of hydrogen-bond acceptors (Lipinski definition) is 3. The van der Waals surface area contributed by atoms with Crippen LogP contribution in [0.15, 0.2) is 18.3 Å². The summed E-state index contributed by atoms with van der Waals surface area (Å²) in [5, 5.41) is 3.64. The van der Waals surface area contributed by atoms with Gasteiger partial charge in [0.2, 0.25) is 0 Å². The second-order valence-electron chi connectivity index (χ2n) is 4.86. The van der Waals surface area contributed by atoms with Gasteiger partial charge in [-0.3, -0.25) is 5.32 Å². The molecule has 0 aliphatic heterocycles. The van der Waals surface area contributed by atoms with Crippen LogP contribution in [0.2, 0.25) is 0 Å². The Hall–Kier alpha value is -1.31. The van der Waals surface area contributed by atoms with Crippen LogP contribution >= 0.6 is 22.6 Å². The number of halogens is 1. The summed E-state index contributed by atoms with van der Waals surface area (Å²) >= 11 is 2.23. The number of ether oxygens (including phenoxy) is 1. The second-order valence-corrected chi connectivity index (χ2v) is 6.02. The summed E-state index contributed by atoms with van der Waals surface area (Å²) in [5.74, 6) is 0.468. The van der Waals surface area contributed by atoms with Gasteiger partial charge in [-0.1, -0.05) is 0 Å². The minimum Gasteiger partial charge on any atom is -0.444 e. The standard InChI is InChI=1S/C12H14IN3O2/c1-12(2,3)18-11(17)16-9-5-4-7-8(13)6-14-10(7)15-9/h4-6H,1-3H3,(H2,14,15,16,17). The van der Waals surface area contributed by atoms with Gasteiger partial charge in [-0.25, -0.2) is 9.78 Å². The van der Waals surface area contributed by atoms with Crippen molar-refractivity contribution in [3.8, 4) is 0 Å². The third kappa shape index (κ3) is 3.12. The van der Waals surface area contributed by atoms with Crippen molar-refractivity contribution in [3.63, 3.8) is 0 Å². The van der Waals surface area contributed by atoms with E-state index in [0.29, 0.717) is 5.82 Å². The van der Waals surface area contributed by atoms with E-state index in [-0.39, 0.29) is 0 Å². The third-order valence-corrected chi connectivity index (χ3v) is 3.01. The highest BCUT2D eigenvalue weighted by atomic mass is 127. The average molecular weight is 359 g/mol. The Bertz CT molecular complexity index is 587. The maximum atomic E-state index is 11.6. The summed E-state index contributed by atoms with van der Waals surface area (Å²) in [6.07, 6.45) is 1.37. The van der Waals surface area contributed by atoms with Crippen molar-refractivity contribution in [2.45, 2.75) is 26.4 Å². The first kappa shape index (κ1) is 13.1. The molecule has 0 spiro atoms. The van der Waals surface area contributed by atoms with Crippen molar-refractivity contribution in [2.75, 3.05) is 5.32 Å². The van der Waals surface area contributed by atoms with E-state index < -0.39 is 11.7 Å². The fraction of sp³-hybridized carbons (Fsp3) is 0.333. The molecule has 2 aromatic rings. The maximum absolute atomic E-state index is 11.6. The molecule has 2 rings (SSSR count). The largest absolute Gasteiger partial charge is 0.444 e. The Balaban J connectivity index is 2.15. The number of hydrogen-bond donors (Lipinski definition) is 2. The fourth-order valence-corrected chi connectivity index (χ4v) is 2.04. The van der Waals surface area contributed by atoms with Crippen LogP contribution in [0.1, 0.15) is 20.8 Å². The lowest BCUT2D eigenvalue weighted by Crippen LogP contribution is -2.27. The molecule has 0 fully saturated rings. The number of H-pyrrole nitrogens is 1. The van der Waals surface area contributed by atoms with Crippen LogP contribution in [0.5, 0.6) is 0 Å². The van der Waals surface area contributed by atoms with Crippen LogP contribution in [-0.2, 0) is 4.74 Å². The molecule has 18 heavy (non-hydrogen) atoms. The van der Waals surface area contributed by atoms with E-state index >= 15 is 0 Å². The molecule has 0 atom stereocenters. The van der Waals surface area contributed by atoms with Crippen LogP contribution in [0, 0.1) is 3.57 Å². The average Bonchev–Trinajstić information content (AvgIpc) is 2.57. The normalized spacial score (nSPS) is 11.6. The molecule has 5 nitrogen and oxygen atoms in total. The number of aromatic amines is 1. The quantitative estimate of drug-likeness (QED) is 0.766. The Morgan fingerprint density at radius 2 is 2.17 bits per heavy atom. The number of aromatic nitrogens is 2. The third-order valence-electron chi connectivity index (χ3n) is 2.12. The van der Waals surface area contributed by atoms with Gasteiger partial charge in [0.25, 0.3) is 0 Å². The number of carbonyl (C=O) groups excluding carboxylic acids is 1. The van der Waals surface area contributed by atoms with Crippen molar-refractivity contribution in [1.29, 1.82) is 0 Å². The Morgan fingerprint density at radius 3 is 2.83 bits per heavy atom. The van der Waals surface area contributed by atoms with Gasteiger partial charge in [-0.05, 0) is 55.5 Å². The lowest BCUT2D eigenvalue weighted by molar-refractivity contribution is 0.0635. The van der Waals surface area contributed by atoms with Gasteiger partial charge in [0, 0.05) is 15.2 Å². The van der Waals surface area contributed by atoms with Crippen LogP contribution < -0.4 is 5.32 Å². The summed E-state index contributed by atoms with van der Waals surface area (Å²) in [7, 11) is 0. The van der Waals surface area contributed by atoms with Crippen molar-refractivity contribution in [2.24, 2.45) is 0 Å². The minimum absolute atomic E-state index is 0.468. The molecular formula is C12H14IN3O2. The van der Waals surface area contributed by atoms with E-state index in [1.165, 1.54) is 0 Å². The number of nitrogens with one attached hydrogen (secondary N) is 2. The molecule has 0 saturated carbocycles. The molecule has 2 heterocycles. The molecule has 2 aromatic heterocycles. The molecule has 0 radical (unpaired) electrons. The van der Waals surface area contributed by atoms with Crippen molar-refractivity contribution < 1.29 is 9.53 Å². The van der Waals surface area contributed by atoms with Gasteiger partial charge in [-0.15, -0.1) is 0 Å². The summed E-state index contributed by atoms with van der Waals surface area (Å²) in [4.78, 5) is 18.9. The zero-order chi connectivity index (χ0) is 13.3. The number of fused-ring (bicyclic) bond motifs is 1. The van der Waals surface area contributed by atoms with Crippen LogP contribution in [0.3, 0.4) is 0 Å². The summed E-state index contributed by atoms with van der Waals surface area (Å²) in [6.45, 7) is 5.45. The lowest BCUT2D eigenvalue weighted by Gasteiger charge is -2.19. The highest BCUT2D eigenvalue weighted by Gasteiger charge is 2.16. The number of nitrogens with zero attached hydrogens (tertiary/aromatic N) is 1. The topological polar surface area (TPSA) is 67.0 Å². The first-order chi connectivity index (χ1) is 8.35. The van der Waals surface area contributed by atoms with Crippen molar-refractivity contribution in [1.82, 2.24) is 9.97 Å². The van der Waals surface area contributed by atoms with Gasteiger partial charge in [0.1, 0.15) is 17.1 Å². The Labute approximate surface area is 118 Å². The molecule has 6 heteroatoms. The number of pyridine rings is 1. The zero-order valence-corrected chi connectivity index (χ0v) is 12.5. The monoisotopic (exact) mass is 359 g/mol.